The number of benzene rings is 2. The molecule has 0 spiro atoms. The van der Waals surface area contributed by atoms with Gasteiger partial charge >= 0.3 is 0 Å². The minimum atomic E-state index is 1.07. The Morgan fingerprint density at radius 2 is 1.71 bits per heavy atom. The second kappa shape index (κ2) is 8.68. The number of anilines is 1. The lowest BCUT2D eigenvalue weighted by molar-refractivity contribution is 0.610. The van der Waals surface area contributed by atoms with Crippen molar-refractivity contribution in [2.24, 2.45) is 0 Å². The number of hydrogen-bond donors (Lipinski definition) is 1. The number of hydrogen-bond acceptors (Lipinski definition) is 2. The Hall–Kier alpha value is -1.54. The van der Waals surface area contributed by atoms with Gasteiger partial charge in [0.15, 0.2) is 0 Å². The van der Waals surface area contributed by atoms with Crippen molar-refractivity contribution in [2.75, 3.05) is 31.1 Å². The Balaban J connectivity index is 1.96. The van der Waals surface area contributed by atoms with Crippen molar-refractivity contribution >= 4 is 16.5 Å². The van der Waals surface area contributed by atoms with Gasteiger partial charge < -0.3 is 10.2 Å². The number of nitrogens with one attached hydrogen (secondary N) is 1. The minimum Gasteiger partial charge on any atom is -0.371 e. The number of unbranched alkanes of at least 4 members (excludes halogenated alkanes) is 2. The maximum atomic E-state index is 3.39. The van der Waals surface area contributed by atoms with E-state index in [1.807, 2.05) is 0 Å². The Morgan fingerprint density at radius 1 is 0.905 bits per heavy atom. The van der Waals surface area contributed by atoms with Gasteiger partial charge in [0.2, 0.25) is 0 Å². The molecule has 0 aliphatic heterocycles. The zero-order valence-electron chi connectivity index (χ0n) is 13.4. The van der Waals surface area contributed by atoms with Crippen LogP contribution in [0.3, 0.4) is 0 Å². The van der Waals surface area contributed by atoms with E-state index in [2.05, 4.69) is 66.5 Å². The summed E-state index contributed by atoms with van der Waals surface area (Å²) in [6.07, 6.45) is 3.84. The van der Waals surface area contributed by atoms with Crippen molar-refractivity contribution in [3.8, 4) is 0 Å². The van der Waals surface area contributed by atoms with E-state index in [9.17, 15) is 0 Å². The predicted molar refractivity (Wildman–Crippen MR) is 94.2 cm³/mol. The summed E-state index contributed by atoms with van der Waals surface area (Å²) < 4.78 is 0. The van der Waals surface area contributed by atoms with Gasteiger partial charge in [-0.3, -0.25) is 0 Å². The van der Waals surface area contributed by atoms with Crippen LogP contribution in [-0.2, 0) is 0 Å². The minimum absolute atomic E-state index is 1.07. The normalized spacial score (nSPS) is 11.0. The monoisotopic (exact) mass is 284 g/mol. The molecule has 0 aliphatic carbocycles. The topological polar surface area (TPSA) is 15.3 Å². The molecule has 2 nitrogen and oxygen atoms in total. The summed E-state index contributed by atoms with van der Waals surface area (Å²) in [6, 6.07) is 15.3. The number of fused-ring (bicyclic) bond motifs is 1. The Kier molecular flexibility index (Phi) is 6.55. The zero-order valence-corrected chi connectivity index (χ0v) is 13.4. The smallest absolute Gasteiger partial charge is 0.0445 e. The zero-order chi connectivity index (χ0) is 14.9. The second-order valence-electron chi connectivity index (χ2n) is 5.49. The number of rotatable bonds is 9. The van der Waals surface area contributed by atoms with Crippen molar-refractivity contribution < 1.29 is 0 Å². The molecule has 0 unspecified atom stereocenters. The first-order chi connectivity index (χ1) is 10.4. The molecule has 0 amide bonds. The maximum Gasteiger partial charge on any atom is 0.0445 e. The molecule has 0 saturated heterocycles. The highest BCUT2D eigenvalue weighted by Gasteiger charge is 2.07. The van der Waals surface area contributed by atoms with Gasteiger partial charge in [0, 0.05) is 24.2 Å². The van der Waals surface area contributed by atoms with E-state index >= 15 is 0 Å². The van der Waals surface area contributed by atoms with Crippen LogP contribution in [0.25, 0.3) is 10.8 Å². The molecule has 0 radical (unpaired) electrons. The average molecular weight is 284 g/mol. The van der Waals surface area contributed by atoms with E-state index < -0.39 is 0 Å². The molecule has 0 aliphatic rings. The van der Waals surface area contributed by atoms with Gasteiger partial charge in [0.1, 0.15) is 0 Å². The van der Waals surface area contributed by atoms with Crippen molar-refractivity contribution in [3.63, 3.8) is 0 Å². The Labute approximate surface area is 129 Å². The fourth-order valence-electron chi connectivity index (χ4n) is 2.84. The SMILES string of the molecule is CCNCCCCCN(CC)c1cccc2ccccc12. The molecule has 2 heteroatoms. The third kappa shape index (κ3) is 4.47. The van der Waals surface area contributed by atoms with E-state index in [-0.39, 0.29) is 0 Å². The molecule has 0 heterocycles. The summed E-state index contributed by atoms with van der Waals surface area (Å²) in [6.45, 7) is 8.87. The van der Waals surface area contributed by atoms with Crippen LogP contribution in [0.2, 0.25) is 0 Å². The van der Waals surface area contributed by atoms with E-state index in [1.54, 1.807) is 0 Å². The van der Waals surface area contributed by atoms with Gasteiger partial charge in [-0.15, -0.1) is 0 Å². The van der Waals surface area contributed by atoms with Crippen LogP contribution in [0, 0.1) is 0 Å². The molecule has 0 aromatic heterocycles. The first-order valence-electron chi connectivity index (χ1n) is 8.30. The first-order valence-corrected chi connectivity index (χ1v) is 8.30. The Morgan fingerprint density at radius 3 is 2.52 bits per heavy atom. The van der Waals surface area contributed by atoms with Crippen molar-refractivity contribution in [2.45, 2.75) is 33.1 Å². The van der Waals surface area contributed by atoms with Crippen molar-refractivity contribution in [3.05, 3.63) is 42.5 Å². The summed E-state index contributed by atoms with van der Waals surface area (Å²) in [5.41, 5.74) is 1.38. The lowest BCUT2D eigenvalue weighted by atomic mass is 10.1. The molecule has 0 bridgehead atoms. The summed E-state index contributed by atoms with van der Waals surface area (Å²) >= 11 is 0. The van der Waals surface area contributed by atoms with Gasteiger partial charge in [-0.25, -0.2) is 0 Å². The third-order valence-corrected chi connectivity index (χ3v) is 4.02. The van der Waals surface area contributed by atoms with Crippen LogP contribution >= 0.6 is 0 Å². The highest BCUT2D eigenvalue weighted by atomic mass is 15.1. The quantitative estimate of drug-likeness (QED) is 0.685. The van der Waals surface area contributed by atoms with Crippen molar-refractivity contribution in [1.82, 2.24) is 5.32 Å². The maximum absolute atomic E-state index is 3.39. The van der Waals surface area contributed by atoms with Crippen LogP contribution in [0.5, 0.6) is 0 Å². The number of nitrogens with zero attached hydrogens (tertiary/aromatic N) is 1. The van der Waals surface area contributed by atoms with E-state index in [0.717, 1.165) is 26.2 Å². The lowest BCUT2D eigenvalue weighted by Gasteiger charge is -2.24. The molecular weight excluding hydrogens is 256 g/mol. The highest BCUT2D eigenvalue weighted by molar-refractivity contribution is 5.94. The van der Waals surface area contributed by atoms with Gasteiger partial charge in [0.25, 0.3) is 0 Å². The fourth-order valence-corrected chi connectivity index (χ4v) is 2.84. The molecule has 0 saturated carbocycles. The van der Waals surface area contributed by atoms with E-state index in [1.165, 1.54) is 35.7 Å². The second-order valence-corrected chi connectivity index (χ2v) is 5.49. The highest BCUT2D eigenvalue weighted by Crippen LogP contribution is 2.26. The summed E-state index contributed by atoms with van der Waals surface area (Å²) in [5.74, 6) is 0. The Bertz CT molecular complexity index is 531. The predicted octanol–water partition coefficient (Wildman–Crippen LogP) is 4.45. The summed E-state index contributed by atoms with van der Waals surface area (Å²) in [7, 11) is 0. The molecule has 0 atom stereocenters. The third-order valence-electron chi connectivity index (χ3n) is 4.02. The van der Waals surface area contributed by atoms with Gasteiger partial charge in [-0.2, -0.15) is 0 Å². The van der Waals surface area contributed by atoms with Gasteiger partial charge in [0.05, 0.1) is 0 Å². The van der Waals surface area contributed by atoms with Gasteiger partial charge in [-0.05, 0) is 44.3 Å². The molecule has 114 valence electrons. The average Bonchev–Trinajstić information content (AvgIpc) is 2.54. The van der Waals surface area contributed by atoms with Crippen LogP contribution in [-0.4, -0.2) is 26.2 Å². The fraction of sp³-hybridized carbons (Fsp3) is 0.474. The molecule has 0 fully saturated rings. The van der Waals surface area contributed by atoms with E-state index in [0.29, 0.717) is 0 Å². The lowest BCUT2D eigenvalue weighted by Crippen LogP contribution is -2.24. The van der Waals surface area contributed by atoms with E-state index in [4.69, 9.17) is 0 Å². The van der Waals surface area contributed by atoms with Crippen LogP contribution in [0.4, 0.5) is 5.69 Å². The van der Waals surface area contributed by atoms with Crippen LogP contribution in [0.15, 0.2) is 42.5 Å². The molecule has 1 N–H and O–H groups in total. The van der Waals surface area contributed by atoms with Crippen LogP contribution in [0.1, 0.15) is 33.1 Å². The molecule has 2 rings (SSSR count). The van der Waals surface area contributed by atoms with Gasteiger partial charge in [-0.1, -0.05) is 49.7 Å². The molecule has 2 aromatic rings. The van der Waals surface area contributed by atoms with Crippen LogP contribution < -0.4 is 10.2 Å². The standard InChI is InChI=1S/C19H28N2/c1-3-20-15-8-5-9-16-21(4-2)19-14-10-12-17-11-6-7-13-18(17)19/h6-7,10-14,20H,3-5,8-9,15-16H2,1-2H3. The molecule has 2 aromatic carbocycles. The molecular formula is C19H28N2. The molecule has 21 heavy (non-hydrogen) atoms. The first kappa shape index (κ1) is 15.8. The van der Waals surface area contributed by atoms with Crippen molar-refractivity contribution in [1.29, 1.82) is 0 Å². The summed E-state index contributed by atoms with van der Waals surface area (Å²) in [4.78, 5) is 2.51. The summed E-state index contributed by atoms with van der Waals surface area (Å²) in [5, 5.41) is 6.10. The largest absolute Gasteiger partial charge is 0.371 e.